The van der Waals surface area contributed by atoms with Crippen molar-refractivity contribution in [2.45, 2.75) is 64.7 Å². The number of hydrogen-bond acceptors (Lipinski definition) is 5. The number of ketones is 2. The number of methoxy groups -OCH3 is 2. The van der Waals surface area contributed by atoms with Crippen LogP contribution in [0.2, 0.25) is 0 Å². The summed E-state index contributed by atoms with van der Waals surface area (Å²) in [6.07, 6.45) is 9.17. The lowest BCUT2D eigenvalue weighted by Gasteiger charge is -2.20. The molecule has 0 bridgehead atoms. The zero-order valence-electron chi connectivity index (χ0n) is 15.2. The molecule has 1 aliphatic carbocycles. The van der Waals surface area contributed by atoms with E-state index in [2.05, 4.69) is 0 Å². The smallest absolute Gasteiger partial charge is 0.316 e. The molecule has 0 fully saturated rings. The highest BCUT2D eigenvalue weighted by atomic mass is 24.3. The first-order valence-electron chi connectivity index (χ1n) is 8.80. The minimum Gasteiger partial charge on any atom is -0.489 e. The Balaban J connectivity index is 0.00000576. The molecular formula is C19H32MgO5. The van der Waals surface area contributed by atoms with Crippen LogP contribution in [0.5, 0.6) is 0 Å². The SMILES string of the molecule is COC1=C(OC)C(=O)C(CCCCCCCCCCO)=C(C)C1=O.[MgH2]. The summed E-state index contributed by atoms with van der Waals surface area (Å²) in [6, 6.07) is 0. The van der Waals surface area contributed by atoms with Crippen molar-refractivity contribution in [3.63, 3.8) is 0 Å². The van der Waals surface area contributed by atoms with Gasteiger partial charge in [0.2, 0.25) is 23.1 Å². The molecule has 0 atom stereocenters. The summed E-state index contributed by atoms with van der Waals surface area (Å²) in [5.74, 6) is -0.457. The molecule has 0 spiro atoms. The molecule has 1 N–H and O–H groups in total. The quantitative estimate of drug-likeness (QED) is 0.327. The molecule has 1 rings (SSSR count). The Bertz CT molecular complexity index is 508. The van der Waals surface area contributed by atoms with E-state index in [1.54, 1.807) is 6.92 Å². The molecule has 0 aromatic carbocycles. The third kappa shape index (κ3) is 7.11. The van der Waals surface area contributed by atoms with Gasteiger partial charge < -0.3 is 14.6 Å². The molecule has 0 aromatic heterocycles. The predicted molar refractivity (Wildman–Crippen MR) is 101 cm³/mol. The fraction of sp³-hybridized carbons (Fsp3) is 0.684. The van der Waals surface area contributed by atoms with Crippen molar-refractivity contribution >= 4 is 34.6 Å². The maximum atomic E-state index is 12.5. The van der Waals surface area contributed by atoms with Crippen LogP contribution in [-0.2, 0) is 19.1 Å². The lowest BCUT2D eigenvalue weighted by molar-refractivity contribution is -0.121. The van der Waals surface area contributed by atoms with Crippen molar-refractivity contribution in [2.75, 3.05) is 20.8 Å². The lowest BCUT2D eigenvalue weighted by atomic mass is 9.89. The molecule has 0 radical (unpaired) electrons. The second-order valence-electron chi connectivity index (χ2n) is 6.13. The summed E-state index contributed by atoms with van der Waals surface area (Å²) >= 11 is 0. The van der Waals surface area contributed by atoms with Crippen molar-refractivity contribution in [3.05, 3.63) is 22.7 Å². The third-order valence-electron chi connectivity index (χ3n) is 4.43. The molecule has 0 unspecified atom stereocenters. The van der Waals surface area contributed by atoms with E-state index in [1.165, 1.54) is 33.5 Å². The van der Waals surface area contributed by atoms with Gasteiger partial charge in [-0.15, -0.1) is 0 Å². The summed E-state index contributed by atoms with van der Waals surface area (Å²) in [5.41, 5.74) is 1.03. The number of Topliss-reactive ketones (excluding diaryl/α,β-unsaturated/α-hetero) is 2. The topological polar surface area (TPSA) is 72.8 Å². The third-order valence-corrected chi connectivity index (χ3v) is 4.43. The van der Waals surface area contributed by atoms with E-state index < -0.39 is 0 Å². The molecule has 0 saturated carbocycles. The second kappa shape index (κ2) is 13.4. The Morgan fingerprint density at radius 1 is 0.760 bits per heavy atom. The molecule has 1 aliphatic rings. The van der Waals surface area contributed by atoms with E-state index in [-0.39, 0.29) is 52.7 Å². The van der Waals surface area contributed by atoms with Crippen LogP contribution in [0.4, 0.5) is 0 Å². The maximum Gasteiger partial charge on any atom is 0.316 e. The number of rotatable bonds is 12. The molecule has 5 nitrogen and oxygen atoms in total. The molecule has 25 heavy (non-hydrogen) atoms. The standard InChI is InChI=1S/C19H30O5.Mg.2H/c1-14-15(12-10-8-6-4-5-7-9-11-13-20)17(22)19(24-3)18(23-2)16(14)21;;;/h20H,4-13H2,1-3H3;;;. The first-order chi connectivity index (χ1) is 11.6. The normalized spacial score (nSPS) is 14.7. The summed E-state index contributed by atoms with van der Waals surface area (Å²) in [5, 5.41) is 8.72. The molecule has 0 aromatic rings. The van der Waals surface area contributed by atoms with Crippen molar-refractivity contribution in [3.8, 4) is 0 Å². The van der Waals surface area contributed by atoms with Crippen molar-refractivity contribution in [1.82, 2.24) is 0 Å². The first-order valence-corrected chi connectivity index (χ1v) is 8.80. The predicted octanol–water partition coefficient (Wildman–Crippen LogP) is 2.55. The van der Waals surface area contributed by atoms with Gasteiger partial charge in [0, 0.05) is 17.8 Å². The highest BCUT2D eigenvalue weighted by molar-refractivity contribution is 6.23. The second-order valence-corrected chi connectivity index (χ2v) is 6.13. The van der Waals surface area contributed by atoms with Crippen LogP contribution in [0.1, 0.15) is 64.7 Å². The molecule has 0 amide bonds. The number of carbonyl (C=O) groups is 2. The first kappa shape index (κ1) is 24.1. The summed E-state index contributed by atoms with van der Waals surface area (Å²) < 4.78 is 10.1. The Hall–Kier alpha value is -0.854. The van der Waals surface area contributed by atoms with Crippen LogP contribution in [0.25, 0.3) is 0 Å². The maximum absolute atomic E-state index is 12.5. The highest BCUT2D eigenvalue weighted by Gasteiger charge is 2.34. The minimum absolute atomic E-state index is 0. The monoisotopic (exact) mass is 364 g/mol. The highest BCUT2D eigenvalue weighted by Crippen LogP contribution is 2.28. The van der Waals surface area contributed by atoms with Gasteiger partial charge in [-0.25, -0.2) is 0 Å². The van der Waals surface area contributed by atoms with Crippen LogP contribution in [0.3, 0.4) is 0 Å². The van der Waals surface area contributed by atoms with Gasteiger partial charge in [-0.05, 0) is 26.2 Å². The Morgan fingerprint density at radius 3 is 1.68 bits per heavy atom. The zero-order valence-corrected chi connectivity index (χ0v) is 15.2. The molecule has 6 heteroatoms. The summed E-state index contributed by atoms with van der Waals surface area (Å²) in [6.45, 7) is 1.96. The van der Waals surface area contributed by atoms with Gasteiger partial charge in [0.1, 0.15) is 0 Å². The van der Waals surface area contributed by atoms with Gasteiger partial charge >= 0.3 is 23.1 Å². The van der Waals surface area contributed by atoms with Gasteiger partial charge in [-0.1, -0.05) is 38.5 Å². The molecule has 0 heterocycles. The molecule has 0 aliphatic heterocycles. The fourth-order valence-electron chi connectivity index (χ4n) is 2.97. The van der Waals surface area contributed by atoms with Gasteiger partial charge in [0.15, 0.2) is 0 Å². The van der Waals surface area contributed by atoms with Crippen LogP contribution in [0.15, 0.2) is 22.7 Å². The Kier molecular flexibility index (Phi) is 12.9. The van der Waals surface area contributed by atoms with E-state index in [0.29, 0.717) is 17.6 Å². The Labute approximate surface area is 167 Å². The average molecular weight is 365 g/mol. The number of ether oxygens (including phenoxy) is 2. The zero-order chi connectivity index (χ0) is 17.9. The number of unbranched alkanes of at least 4 members (excludes halogenated alkanes) is 7. The van der Waals surface area contributed by atoms with Crippen LogP contribution < -0.4 is 0 Å². The number of aliphatic hydroxyl groups excluding tert-OH is 1. The number of hydrogen-bond donors (Lipinski definition) is 1. The van der Waals surface area contributed by atoms with Gasteiger partial charge in [0.25, 0.3) is 0 Å². The van der Waals surface area contributed by atoms with Gasteiger partial charge in [0.05, 0.1) is 14.2 Å². The average Bonchev–Trinajstić information content (AvgIpc) is 2.58. The Morgan fingerprint density at radius 2 is 1.20 bits per heavy atom. The molecular weight excluding hydrogens is 333 g/mol. The molecule has 140 valence electrons. The van der Waals surface area contributed by atoms with E-state index in [4.69, 9.17) is 14.6 Å². The lowest BCUT2D eigenvalue weighted by Crippen LogP contribution is -2.25. The van der Waals surface area contributed by atoms with E-state index in [0.717, 1.165) is 32.1 Å². The van der Waals surface area contributed by atoms with E-state index in [1.807, 2.05) is 0 Å². The van der Waals surface area contributed by atoms with Crippen molar-refractivity contribution in [1.29, 1.82) is 0 Å². The number of aliphatic hydroxyl groups is 1. The van der Waals surface area contributed by atoms with Crippen molar-refractivity contribution < 1.29 is 24.2 Å². The number of carbonyl (C=O) groups excluding carboxylic acids is 2. The van der Waals surface area contributed by atoms with Crippen LogP contribution >= 0.6 is 0 Å². The number of allylic oxidation sites excluding steroid dienone is 2. The summed E-state index contributed by atoms with van der Waals surface area (Å²) in [7, 11) is 2.76. The van der Waals surface area contributed by atoms with Crippen LogP contribution in [-0.4, -0.2) is 60.6 Å². The van der Waals surface area contributed by atoms with Gasteiger partial charge in [-0.2, -0.15) is 0 Å². The van der Waals surface area contributed by atoms with Gasteiger partial charge in [-0.3, -0.25) is 9.59 Å². The van der Waals surface area contributed by atoms with Crippen LogP contribution in [0, 0.1) is 0 Å². The van der Waals surface area contributed by atoms with Crippen molar-refractivity contribution in [2.24, 2.45) is 0 Å². The largest absolute Gasteiger partial charge is 0.489 e. The van der Waals surface area contributed by atoms with E-state index >= 15 is 0 Å². The fourth-order valence-corrected chi connectivity index (χ4v) is 2.97. The van der Waals surface area contributed by atoms with E-state index in [9.17, 15) is 9.59 Å². The minimum atomic E-state index is -0.257. The summed E-state index contributed by atoms with van der Waals surface area (Å²) in [4.78, 5) is 24.7. The molecule has 0 saturated heterocycles.